The second-order valence-electron chi connectivity index (χ2n) is 7.72. The lowest BCUT2D eigenvalue weighted by Crippen LogP contribution is -2.33. The fourth-order valence-corrected chi connectivity index (χ4v) is 3.86. The van der Waals surface area contributed by atoms with Gasteiger partial charge in [0.25, 0.3) is 5.91 Å². The zero-order chi connectivity index (χ0) is 23.5. The summed E-state index contributed by atoms with van der Waals surface area (Å²) in [6.07, 6.45) is 1.62. The molecule has 4 rings (SSSR count). The van der Waals surface area contributed by atoms with E-state index in [1.165, 1.54) is 0 Å². The van der Waals surface area contributed by atoms with E-state index in [1.54, 1.807) is 38.3 Å². The summed E-state index contributed by atoms with van der Waals surface area (Å²) in [5, 5.41) is 12.1. The average Bonchev–Trinajstić information content (AvgIpc) is 3.54. The number of carbonyl (C=O) groups excluding carboxylic acids is 1. The third kappa shape index (κ3) is 4.48. The van der Waals surface area contributed by atoms with E-state index in [2.05, 4.69) is 15.5 Å². The number of nitrogens with zero attached hydrogens (tertiary/aromatic N) is 4. The molecule has 1 atom stereocenters. The Balaban J connectivity index is 1.58. The lowest BCUT2D eigenvalue weighted by Gasteiger charge is -2.18. The highest BCUT2D eigenvalue weighted by Gasteiger charge is 2.23. The third-order valence-electron chi connectivity index (χ3n) is 5.46. The minimum Gasteiger partial charge on any atom is -0.497 e. The Labute approximate surface area is 191 Å². The van der Waals surface area contributed by atoms with Gasteiger partial charge in [-0.2, -0.15) is 10.2 Å². The number of aryl methyl sites for hydroxylation is 3. The van der Waals surface area contributed by atoms with E-state index in [-0.39, 0.29) is 11.9 Å². The van der Waals surface area contributed by atoms with Crippen molar-refractivity contribution in [2.24, 2.45) is 7.05 Å². The van der Waals surface area contributed by atoms with Gasteiger partial charge in [-0.1, -0.05) is 0 Å². The Kier molecular flexibility index (Phi) is 6.21. The number of benzene rings is 1. The summed E-state index contributed by atoms with van der Waals surface area (Å²) in [5.74, 6) is 1.78. The van der Waals surface area contributed by atoms with Gasteiger partial charge in [-0.3, -0.25) is 14.2 Å². The smallest absolute Gasteiger partial charge is 0.269 e. The molecule has 1 unspecified atom stereocenters. The number of hydrogen-bond donors (Lipinski definition) is 1. The van der Waals surface area contributed by atoms with Crippen LogP contribution in [0.25, 0.3) is 11.3 Å². The van der Waals surface area contributed by atoms with Gasteiger partial charge >= 0.3 is 0 Å². The lowest BCUT2D eigenvalue weighted by molar-refractivity contribution is 0.0938. The van der Waals surface area contributed by atoms with Crippen molar-refractivity contribution < 1.29 is 18.7 Å². The molecular formula is C24H27N5O4. The van der Waals surface area contributed by atoms with Crippen LogP contribution in [0.3, 0.4) is 0 Å². The number of carbonyl (C=O) groups is 1. The predicted octanol–water partition coefficient (Wildman–Crippen LogP) is 3.53. The fourth-order valence-electron chi connectivity index (χ4n) is 3.86. The van der Waals surface area contributed by atoms with Crippen molar-refractivity contribution >= 4 is 5.91 Å². The maximum absolute atomic E-state index is 13.1. The van der Waals surface area contributed by atoms with E-state index in [4.69, 9.17) is 13.9 Å². The Morgan fingerprint density at radius 3 is 2.58 bits per heavy atom. The van der Waals surface area contributed by atoms with Crippen LogP contribution in [-0.2, 0) is 7.05 Å². The van der Waals surface area contributed by atoms with Gasteiger partial charge in [0, 0.05) is 24.8 Å². The maximum atomic E-state index is 13.1. The number of aromatic nitrogens is 4. The Bertz CT molecular complexity index is 1260. The minimum absolute atomic E-state index is 0.254. The molecule has 172 valence electrons. The fraction of sp³-hybridized carbons (Fsp3) is 0.292. The molecule has 9 nitrogen and oxygen atoms in total. The first-order valence-electron chi connectivity index (χ1n) is 10.5. The van der Waals surface area contributed by atoms with Crippen molar-refractivity contribution in [2.75, 3.05) is 20.8 Å². The number of ether oxygens (including phenoxy) is 2. The highest BCUT2D eigenvalue weighted by atomic mass is 16.5. The second kappa shape index (κ2) is 9.23. The van der Waals surface area contributed by atoms with E-state index in [1.807, 2.05) is 54.9 Å². The molecule has 9 heteroatoms. The predicted molar refractivity (Wildman–Crippen MR) is 123 cm³/mol. The molecule has 0 fully saturated rings. The van der Waals surface area contributed by atoms with Crippen LogP contribution in [0.4, 0.5) is 0 Å². The van der Waals surface area contributed by atoms with E-state index in [0.29, 0.717) is 35.2 Å². The first-order valence-corrected chi connectivity index (χ1v) is 10.5. The minimum atomic E-state index is -0.274. The van der Waals surface area contributed by atoms with Crippen LogP contribution in [-0.4, -0.2) is 46.2 Å². The first-order chi connectivity index (χ1) is 15.9. The van der Waals surface area contributed by atoms with Crippen molar-refractivity contribution in [1.82, 2.24) is 24.9 Å². The van der Waals surface area contributed by atoms with Crippen LogP contribution in [0, 0.1) is 13.8 Å². The summed E-state index contributed by atoms with van der Waals surface area (Å²) in [7, 11) is 4.92. The quantitative estimate of drug-likeness (QED) is 0.442. The van der Waals surface area contributed by atoms with Gasteiger partial charge in [0.1, 0.15) is 29.0 Å². The first kappa shape index (κ1) is 22.2. The van der Waals surface area contributed by atoms with Gasteiger partial charge in [-0.25, -0.2) is 0 Å². The van der Waals surface area contributed by atoms with E-state index >= 15 is 0 Å². The molecule has 0 aliphatic rings. The van der Waals surface area contributed by atoms with Crippen LogP contribution in [0.1, 0.15) is 33.7 Å². The van der Waals surface area contributed by atoms with Crippen molar-refractivity contribution in [3.8, 4) is 22.8 Å². The second-order valence-corrected chi connectivity index (χ2v) is 7.72. The Morgan fingerprint density at radius 1 is 1.12 bits per heavy atom. The van der Waals surface area contributed by atoms with Gasteiger partial charge in [-0.15, -0.1) is 0 Å². The summed E-state index contributed by atoms with van der Waals surface area (Å²) in [5.41, 5.74) is 3.65. The molecule has 33 heavy (non-hydrogen) atoms. The van der Waals surface area contributed by atoms with Crippen LogP contribution in [0.2, 0.25) is 0 Å². The zero-order valence-corrected chi connectivity index (χ0v) is 19.3. The van der Waals surface area contributed by atoms with Crippen molar-refractivity contribution in [3.63, 3.8) is 0 Å². The lowest BCUT2D eigenvalue weighted by atomic mass is 10.1. The molecule has 0 saturated carbocycles. The number of methoxy groups -OCH3 is 2. The van der Waals surface area contributed by atoms with Gasteiger partial charge < -0.3 is 19.2 Å². The molecule has 0 bridgehead atoms. The molecule has 0 aliphatic carbocycles. The number of amides is 1. The SMILES string of the molecule is COc1ccc(OC)c(-c2cc(C(=O)NCC(c3ccco3)n3nc(C)cc3C)n(C)n2)c1. The summed E-state index contributed by atoms with van der Waals surface area (Å²) in [6, 6.07) is 12.6. The topological polar surface area (TPSA) is 96.3 Å². The highest BCUT2D eigenvalue weighted by molar-refractivity contribution is 5.94. The monoisotopic (exact) mass is 449 g/mol. The molecule has 0 saturated heterocycles. The van der Waals surface area contributed by atoms with Crippen molar-refractivity contribution in [1.29, 1.82) is 0 Å². The van der Waals surface area contributed by atoms with E-state index in [0.717, 1.165) is 17.0 Å². The van der Waals surface area contributed by atoms with Gasteiger partial charge in [0.05, 0.1) is 31.9 Å². The molecule has 1 N–H and O–H groups in total. The van der Waals surface area contributed by atoms with Crippen molar-refractivity contribution in [3.05, 3.63) is 71.6 Å². The summed E-state index contributed by atoms with van der Waals surface area (Å²) < 4.78 is 19.8. The number of nitrogens with one attached hydrogen (secondary N) is 1. The van der Waals surface area contributed by atoms with E-state index in [9.17, 15) is 4.79 Å². The largest absolute Gasteiger partial charge is 0.497 e. The van der Waals surface area contributed by atoms with Crippen LogP contribution in [0.5, 0.6) is 11.5 Å². The van der Waals surface area contributed by atoms with Crippen LogP contribution < -0.4 is 14.8 Å². The molecule has 1 aromatic carbocycles. The van der Waals surface area contributed by atoms with Gasteiger partial charge in [-0.05, 0) is 56.3 Å². The normalized spacial score (nSPS) is 11.9. The summed E-state index contributed by atoms with van der Waals surface area (Å²) in [6.45, 7) is 4.22. The molecular weight excluding hydrogens is 422 g/mol. The molecule has 4 aromatic rings. The molecule has 0 radical (unpaired) electrons. The van der Waals surface area contributed by atoms with E-state index < -0.39 is 0 Å². The molecule has 3 aromatic heterocycles. The van der Waals surface area contributed by atoms with Gasteiger partial charge in [0.15, 0.2) is 0 Å². The third-order valence-corrected chi connectivity index (χ3v) is 5.46. The number of furan rings is 1. The van der Waals surface area contributed by atoms with Crippen LogP contribution in [0.15, 0.2) is 53.1 Å². The summed E-state index contributed by atoms with van der Waals surface area (Å²) in [4.78, 5) is 13.1. The Morgan fingerprint density at radius 2 is 1.94 bits per heavy atom. The molecule has 0 spiro atoms. The molecule has 1 amide bonds. The highest BCUT2D eigenvalue weighted by Crippen LogP contribution is 2.33. The average molecular weight is 450 g/mol. The zero-order valence-electron chi connectivity index (χ0n) is 19.3. The number of hydrogen-bond acceptors (Lipinski definition) is 6. The summed E-state index contributed by atoms with van der Waals surface area (Å²) >= 11 is 0. The molecule has 3 heterocycles. The standard InChI is InChI=1S/C24H27N5O4/c1-15-11-16(2)29(26-15)21(23-7-6-10-33-23)14-25-24(30)20-13-19(27-28(20)3)18-12-17(31-4)8-9-22(18)32-5/h6-13,21H,14H2,1-5H3,(H,25,30). The van der Waals surface area contributed by atoms with Gasteiger partial charge in [0.2, 0.25) is 0 Å². The van der Waals surface area contributed by atoms with Crippen LogP contribution >= 0.6 is 0 Å². The van der Waals surface area contributed by atoms with Crippen molar-refractivity contribution in [2.45, 2.75) is 19.9 Å². The maximum Gasteiger partial charge on any atom is 0.269 e. The Hall–Kier alpha value is -4.01. The number of rotatable bonds is 8. The molecule has 0 aliphatic heterocycles.